The second kappa shape index (κ2) is 6.80. The zero-order valence-electron chi connectivity index (χ0n) is 13.3. The molecular formula is C16H24N4O3. The molecule has 3 heterocycles. The van der Waals surface area contributed by atoms with Gasteiger partial charge in [-0.1, -0.05) is 0 Å². The Morgan fingerprint density at radius 1 is 1.22 bits per heavy atom. The van der Waals surface area contributed by atoms with E-state index in [0.717, 1.165) is 44.8 Å². The highest BCUT2D eigenvalue weighted by Crippen LogP contribution is 2.45. The van der Waals surface area contributed by atoms with Gasteiger partial charge in [0.1, 0.15) is 0 Å². The number of anilines is 1. The van der Waals surface area contributed by atoms with Crippen molar-refractivity contribution in [3.63, 3.8) is 0 Å². The molecule has 1 aromatic heterocycles. The maximum atomic E-state index is 10.9. The van der Waals surface area contributed by atoms with Crippen LogP contribution in [0.1, 0.15) is 19.3 Å². The largest absolute Gasteiger partial charge is 0.480 e. The Balaban J connectivity index is 1.63. The minimum atomic E-state index is -0.798. The summed E-state index contributed by atoms with van der Waals surface area (Å²) in [5.74, 6) is 0.120. The summed E-state index contributed by atoms with van der Waals surface area (Å²) in [4.78, 5) is 23.7. The average Bonchev–Trinajstić information content (AvgIpc) is 2.58. The Bertz CT molecular complexity index is 531. The lowest BCUT2D eigenvalue weighted by Crippen LogP contribution is -2.54. The van der Waals surface area contributed by atoms with Crippen LogP contribution < -0.4 is 4.90 Å². The van der Waals surface area contributed by atoms with Crippen LogP contribution >= 0.6 is 0 Å². The second-order valence-corrected chi connectivity index (χ2v) is 6.66. The van der Waals surface area contributed by atoms with Crippen molar-refractivity contribution in [2.75, 3.05) is 44.2 Å². The van der Waals surface area contributed by atoms with Crippen molar-refractivity contribution in [2.24, 2.45) is 11.3 Å². The van der Waals surface area contributed by atoms with E-state index < -0.39 is 5.97 Å². The molecule has 0 amide bonds. The molecule has 126 valence electrons. The fourth-order valence-corrected chi connectivity index (χ4v) is 4.03. The molecule has 0 aliphatic carbocycles. The van der Waals surface area contributed by atoms with E-state index >= 15 is 0 Å². The Kier molecular flexibility index (Phi) is 4.77. The molecule has 2 N–H and O–H groups in total. The van der Waals surface area contributed by atoms with Crippen molar-refractivity contribution < 1.29 is 15.0 Å². The Labute approximate surface area is 136 Å². The molecule has 2 aliphatic rings. The van der Waals surface area contributed by atoms with Gasteiger partial charge < -0.3 is 15.1 Å². The molecule has 1 aromatic rings. The van der Waals surface area contributed by atoms with Crippen molar-refractivity contribution in [3.05, 3.63) is 18.5 Å². The first kappa shape index (κ1) is 16.1. The van der Waals surface area contributed by atoms with E-state index in [1.54, 1.807) is 12.4 Å². The standard InChI is InChI=1S/C16H24N4O3/c21-12-13-10-19(11-14(22)23)7-2-16(13)3-8-20(9-4-16)15-17-5-1-6-18-15/h1,5-6,13,21H,2-4,7-12H2,(H,22,23)/t13-/m0/s1. The SMILES string of the molecule is O=C(O)CN1CCC2(CCN(c3ncccn3)CC2)[C@H](CO)C1. The summed E-state index contributed by atoms with van der Waals surface area (Å²) in [6.45, 7) is 3.43. The molecule has 23 heavy (non-hydrogen) atoms. The molecule has 2 aliphatic heterocycles. The van der Waals surface area contributed by atoms with Crippen molar-refractivity contribution >= 4 is 11.9 Å². The molecule has 1 spiro atoms. The first-order valence-corrected chi connectivity index (χ1v) is 8.20. The monoisotopic (exact) mass is 320 g/mol. The van der Waals surface area contributed by atoms with E-state index in [1.807, 2.05) is 11.0 Å². The highest BCUT2D eigenvalue weighted by molar-refractivity contribution is 5.69. The lowest BCUT2D eigenvalue weighted by atomic mass is 9.64. The Morgan fingerprint density at radius 3 is 2.48 bits per heavy atom. The number of carbonyl (C=O) groups is 1. The Hall–Kier alpha value is -1.73. The van der Waals surface area contributed by atoms with Gasteiger partial charge in [0.25, 0.3) is 0 Å². The van der Waals surface area contributed by atoms with Crippen molar-refractivity contribution in [3.8, 4) is 0 Å². The normalized spacial score (nSPS) is 24.7. The predicted molar refractivity (Wildman–Crippen MR) is 85.2 cm³/mol. The van der Waals surface area contributed by atoms with Crippen LogP contribution in [0.5, 0.6) is 0 Å². The van der Waals surface area contributed by atoms with Gasteiger partial charge in [0.2, 0.25) is 5.95 Å². The molecule has 2 saturated heterocycles. The summed E-state index contributed by atoms with van der Waals surface area (Å²) >= 11 is 0. The van der Waals surface area contributed by atoms with E-state index in [2.05, 4.69) is 14.9 Å². The lowest BCUT2D eigenvalue weighted by molar-refractivity contribution is -0.140. The number of rotatable bonds is 4. The van der Waals surface area contributed by atoms with Gasteiger partial charge in [0.15, 0.2) is 0 Å². The van der Waals surface area contributed by atoms with Gasteiger partial charge in [-0.3, -0.25) is 9.69 Å². The van der Waals surface area contributed by atoms with E-state index in [4.69, 9.17) is 5.11 Å². The fourth-order valence-electron chi connectivity index (χ4n) is 4.03. The second-order valence-electron chi connectivity index (χ2n) is 6.66. The molecule has 0 aromatic carbocycles. The summed E-state index contributed by atoms with van der Waals surface area (Å²) in [6, 6.07) is 1.81. The third-order valence-electron chi connectivity index (χ3n) is 5.44. The summed E-state index contributed by atoms with van der Waals surface area (Å²) in [5, 5.41) is 18.8. The summed E-state index contributed by atoms with van der Waals surface area (Å²) in [6.07, 6.45) is 6.46. The fraction of sp³-hybridized carbons (Fsp3) is 0.688. The molecule has 7 heteroatoms. The molecule has 2 fully saturated rings. The van der Waals surface area contributed by atoms with E-state index in [-0.39, 0.29) is 24.5 Å². The Morgan fingerprint density at radius 2 is 1.87 bits per heavy atom. The number of piperidine rings is 2. The van der Waals surface area contributed by atoms with Crippen molar-refractivity contribution in [1.29, 1.82) is 0 Å². The topological polar surface area (TPSA) is 89.8 Å². The zero-order chi connectivity index (χ0) is 16.3. The van der Waals surface area contributed by atoms with Crippen LogP contribution in [0.25, 0.3) is 0 Å². The number of hydrogen-bond donors (Lipinski definition) is 2. The highest BCUT2D eigenvalue weighted by atomic mass is 16.4. The molecule has 0 radical (unpaired) electrons. The molecule has 3 rings (SSSR count). The molecular weight excluding hydrogens is 296 g/mol. The number of nitrogens with zero attached hydrogens (tertiary/aromatic N) is 4. The lowest BCUT2D eigenvalue weighted by Gasteiger charge is -2.51. The molecule has 7 nitrogen and oxygen atoms in total. The first-order valence-electron chi connectivity index (χ1n) is 8.20. The third kappa shape index (κ3) is 3.45. The number of hydrogen-bond acceptors (Lipinski definition) is 6. The van der Waals surface area contributed by atoms with Crippen LogP contribution in [0, 0.1) is 11.3 Å². The quantitative estimate of drug-likeness (QED) is 0.833. The van der Waals surface area contributed by atoms with Gasteiger partial charge in [-0.15, -0.1) is 0 Å². The van der Waals surface area contributed by atoms with Crippen LogP contribution in [-0.2, 0) is 4.79 Å². The summed E-state index contributed by atoms with van der Waals surface area (Å²) < 4.78 is 0. The summed E-state index contributed by atoms with van der Waals surface area (Å²) in [5.41, 5.74) is 0.120. The number of likely N-dealkylation sites (tertiary alicyclic amines) is 1. The van der Waals surface area contributed by atoms with Crippen LogP contribution in [0.15, 0.2) is 18.5 Å². The number of aliphatic hydroxyl groups excluding tert-OH is 1. The third-order valence-corrected chi connectivity index (χ3v) is 5.44. The maximum absolute atomic E-state index is 10.9. The van der Waals surface area contributed by atoms with Crippen molar-refractivity contribution in [2.45, 2.75) is 19.3 Å². The van der Waals surface area contributed by atoms with Crippen LogP contribution in [0.2, 0.25) is 0 Å². The molecule has 1 atom stereocenters. The number of aromatic nitrogens is 2. The first-order chi connectivity index (χ1) is 11.1. The average molecular weight is 320 g/mol. The summed E-state index contributed by atoms with van der Waals surface area (Å²) in [7, 11) is 0. The van der Waals surface area contributed by atoms with Crippen LogP contribution in [0.3, 0.4) is 0 Å². The van der Waals surface area contributed by atoms with Gasteiger partial charge in [0.05, 0.1) is 6.54 Å². The van der Waals surface area contributed by atoms with E-state index in [0.29, 0.717) is 6.54 Å². The predicted octanol–water partition coefficient (Wildman–Crippen LogP) is 0.462. The van der Waals surface area contributed by atoms with Gasteiger partial charge >= 0.3 is 5.97 Å². The number of carboxylic acid groups (broad SMARTS) is 1. The smallest absolute Gasteiger partial charge is 0.317 e. The van der Waals surface area contributed by atoms with Gasteiger partial charge in [-0.25, -0.2) is 9.97 Å². The number of aliphatic carboxylic acids is 1. The molecule has 0 saturated carbocycles. The van der Waals surface area contributed by atoms with Gasteiger partial charge in [-0.2, -0.15) is 0 Å². The number of carboxylic acids is 1. The molecule has 0 bridgehead atoms. The molecule has 0 unspecified atom stereocenters. The van der Waals surface area contributed by atoms with Gasteiger partial charge in [-0.05, 0) is 37.3 Å². The van der Waals surface area contributed by atoms with E-state index in [9.17, 15) is 9.90 Å². The minimum absolute atomic E-state index is 0.0660. The van der Waals surface area contributed by atoms with Crippen molar-refractivity contribution in [1.82, 2.24) is 14.9 Å². The van der Waals surface area contributed by atoms with Crippen LogP contribution in [-0.4, -0.2) is 70.4 Å². The highest BCUT2D eigenvalue weighted by Gasteiger charge is 2.44. The van der Waals surface area contributed by atoms with Crippen LogP contribution in [0.4, 0.5) is 5.95 Å². The van der Waals surface area contributed by atoms with E-state index in [1.165, 1.54) is 0 Å². The maximum Gasteiger partial charge on any atom is 0.317 e. The minimum Gasteiger partial charge on any atom is -0.480 e. The van der Waals surface area contributed by atoms with Gasteiger partial charge in [0, 0.05) is 44.6 Å². The number of aliphatic hydroxyl groups is 1. The zero-order valence-corrected chi connectivity index (χ0v) is 13.3.